The number of carbonyl (C=O) groups excluding carboxylic acids is 1. The van der Waals surface area contributed by atoms with Crippen LogP contribution in [0.25, 0.3) is 0 Å². The molecule has 0 aliphatic heterocycles. The number of carbonyl (C=O) groups is 1. The summed E-state index contributed by atoms with van der Waals surface area (Å²) in [6.07, 6.45) is 6.20. The monoisotopic (exact) mass is 312 g/mol. The van der Waals surface area contributed by atoms with Crippen LogP contribution >= 0.6 is 0 Å². The Morgan fingerprint density at radius 2 is 2.19 bits per heavy atom. The zero-order valence-electron chi connectivity index (χ0n) is 12.8. The standard InChI is InChI=1S/C15H24N2O3S/c1-11-8-14(17-20-11)10-21(19)12(2)15(18)16-9-13-6-4-3-5-7-13/h8,12-13H,3-7,9-10H2,1-2H3,(H,16,18)/t12-,21+/m0/s1. The van der Waals surface area contributed by atoms with E-state index in [1.165, 1.54) is 32.1 Å². The van der Waals surface area contributed by atoms with Crippen molar-refractivity contribution in [2.24, 2.45) is 5.92 Å². The van der Waals surface area contributed by atoms with Crippen LogP contribution < -0.4 is 5.32 Å². The van der Waals surface area contributed by atoms with Gasteiger partial charge in [0.05, 0.1) is 11.4 Å². The Bertz CT molecular complexity index is 495. The zero-order valence-corrected chi connectivity index (χ0v) is 13.6. The fourth-order valence-corrected chi connectivity index (χ4v) is 3.66. The maximum atomic E-state index is 12.2. The Morgan fingerprint density at radius 1 is 1.48 bits per heavy atom. The predicted molar refractivity (Wildman–Crippen MR) is 82.1 cm³/mol. The minimum Gasteiger partial charge on any atom is -0.361 e. The molecule has 1 aromatic heterocycles. The SMILES string of the molecule is Cc1cc(C[S@@](=O)[C@@H](C)C(=O)NCC2CCCCC2)no1. The summed E-state index contributed by atoms with van der Waals surface area (Å²) in [5.74, 6) is 1.41. The van der Waals surface area contributed by atoms with Crippen LogP contribution in [0.5, 0.6) is 0 Å². The van der Waals surface area contributed by atoms with Gasteiger partial charge in [-0.25, -0.2) is 0 Å². The number of aromatic nitrogens is 1. The third kappa shape index (κ3) is 4.95. The lowest BCUT2D eigenvalue weighted by atomic mass is 9.89. The molecule has 1 amide bonds. The molecule has 2 rings (SSSR count). The number of amides is 1. The van der Waals surface area contributed by atoms with Crippen molar-refractivity contribution in [1.82, 2.24) is 10.5 Å². The van der Waals surface area contributed by atoms with Crippen molar-refractivity contribution < 1.29 is 13.5 Å². The number of aryl methyl sites for hydroxylation is 1. The minimum absolute atomic E-state index is 0.126. The minimum atomic E-state index is -1.27. The second-order valence-corrected chi connectivity index (χ2v) is 7.60. The molecule has 1 fully saturated rings. The summed E-state index contributed by atoms with van der Waals surface area (Å²) in [5.41, 5.74) is 0.637. The van der Waals surface area contributed by atoms with Crippen LogP contribution in [-0.4, -0.2) is 27.1 Å². The van der Waals surface area contributed by atoms with E-state index in [0.717, 1.165) is 0 Å². The first-order chi connectivity index (χ1) is 10.1. The van der Waals surface area contributed by atoms with E-state index in [4.69, 9.17) is 4.52 Å². The van der Waals surface area contributed by atoms with Gasteiger partial charge in [-0.3, -0.25) is 9.00 Å². The van der Waals surface area contributed by atoms with Gasteiger partial charge in [0.2, 0.25) is 5.91 Å². The van der Waals surface area contributed by atoms with E-state index in [2.05, 4.69) is 10.5 Å². The molecule has 1 N–H and O–H groups in total. The summed E-state index contributed by atoms with van der Waals surface area (Å²) in [5, 5.41) is 6.24. The second-order valence-electron chi connectivity index (χ2n) is 5.85. The molecule has 0 unspecified atom stereocenters. The third-order valence-corrected chi connectivity index (χ3v) is 5.60. The Morgan fingerprint density at radius 3 is 2.81 bits per heavy atom. The van der Waals surface area contributed by atoms with E-state index in [9.17, 15) is 9.00 Å². The average molecular weight is 312 g/mol. The highest BCUT2D eigenvalue weighted by Crippen LogP contribution is 2.22. The Kier molecular flexibility index (Phi) is 5.96. The first-order valence-corrected chi connectivity index (χ1v) is 9.01. The number of hydrogen-bond donors (Lipinski definition) is 1. The molecule has 1 heterocycles. The van der Waals surface area contributed by atoms with Crippen molar-refractivity contribution in [3.05, 3.63) is 17.5 Å². The fraction of sp³-hybridized carbons (Fsp3) is 0.733. The highest BCUT2D eigenvalue weighted by atomic mass is 32.2. The number of nitrogens with zero attached hydrogens (tertiary/aromatic N) is 1. The van der Waals surface area contributed by atoms with Crippen LogP contribution in [-0.2, 0) is 21.3 Å². The summed E-state index contributed by atoms with van der Waals surface area (Å²) < 4.78 is 17.1. The third-order valence-electron chi connectivity index (χ3n) is 4.02. The van der Waals surface area contributed by atoms with Crippen molar-refractivity contribution in [2.75, 3.05) is 6.54 Å². The molecule has 0 radical (unpaired) electrons. The maximum Gasteiger partial charge on any atom is 0.235 e. The Hall–Kier alpha value is -1.17. The molecule has 118 valence electrons. The number of nitrogens with one attached hydrogen (secondary N) is 1. The van der Waals surface area contributed by atoms with Gasteiger partial charge in [0.25, 0.3) is 0 Å². The predicted octanol–water partition coefficient (Wildman–Crippen LogP) is 2.32. The van der Waals surface area contributed by atoms with Gasteiger partial charge in [-0.15, -0.1) is 0 Å². The highest BCUT2D eigenvalue weighted by molar-refractivity contribution is 7.85. The molecule has 5 nitrogen and oxygen atoms in total. The fourth-order valence-electron chi connectivity index (χ4n) is 2.66. The molecule has 0 bridgehead atoms. The van der Waals surface area contributed by atoms with Gasteiger partial charge in [-0.2, -0.15) is 0 Å². The van der Waals surface area contributed by atoms with Crippen molar-refractivity contribution in [1.29, 1.82) is 0 Å². The lowest BCUT2D eigenvalue weighted by Crippen LogP contribution is -2.38. The lowest BCUT2D eigenvalue weighted by molar-refractivity contribution is -0.120. The number of rotatable bonds is 6. The molecule has 1 saturated carbocycles. The molecule has 0 aromatic carbocycles. The van der Waals surface area contributed by atoms with Crippen LogP contribution in [0.4, 0.5) is 0 Å². The largest absolute Gasteiger partial charge is 0.361 e. The van der Waals surface area contributed by atoms with Gasteiger partial charge < -0.3 is 9.84 Å². The van der Waals surface area contributed by atoms with Gasteiger partial charge >= 0.3 is 0 Å². The van der Waals surface area contributed by atoms with Gasteiger partial charge in [0.15, 0.2) is 0 Å². The molecule has 1 aromatic rings. The normalized spacial score (nSPS) is 19.1. The molecular weight excluding hydrogens is 288 g/mol. The van der Waals surface area contributed by atoms with Gasteiger partial charge in [-0.05, 0) is 32.6 Å². The van der Waals surface area contributed by atoms with E-state index >= 15 is 0 Å². The van der Waals surface area contributed by atoms with Crippen molar-refractivity contribution in [2.45, 2.75) is 57.0 Å². The average Bonchev–Trinajstić information content (AvgIpc) is 2.90. The molecule has 6 heteroatoms. The van der Waals surface area contributed by atoms with Gasteiger partial charge in [0, 0.05) is 23.4 Å². The molecule has 0 saturated heterocycles. The van der Waals surface area contributed by atoms with Crippen LogP contribution in [0, 0.1) is 12.8 Å². The molecule has 2 atom stereocenters. The van der Waals surface area contributed by atoms with E-state index in [-0.39, 0.29) is 11.7 Å². The summed E-state index contributed by atoms with van der Waals surface area (Å²) in [7, 11) is -1.27. The van der Waals surface area contributed by atoms with E-state index in [1.54, 1.807) is 19.9 Å². The van der Waals surface area contributed by atoms with Crippen molar-refractivity contribution in [3.63, 3.8) is 0 Å². The first-order valence-electron chi connectivity index (χ1n) is 7.63. The second kappa shape index (κ2) is 7.73. The molecular formula is C15H24N2O3S. The molecule has 1 aliphatic carbocycles. The van der Waals surface area contributed by atoms with E-state index in [0.29, 0.717) is 23.9 Å². The van der Waals surface area contributed by atoms with Crippen molar-refractivity contribution >= 4 is 16.7 Å². The topological polar surface area (TPSA) is 72.2 Å². The summed E-state index contributed by atoms with van der Waals surface area (Å²) in [6, 6.07) is 1.75. The Balaban J connectivity index is 1.76. The lowest BCUT2D eigenvalue weighted by Gasteiger charge is -2.22. The van der Waals surface area contributed by atoms with Crippen molar-refractivity contribution in [3.8, 4) is 0 Å². The highest BCUT2D eigenvalue weighted by Gasteiger charge is 2.22. The van der Waals surface area contributed by atoms with E-state index < -0.39 is 16.0 Å². The quantitative estimate of drug-likeness (QED) is 0.875. The van der Waals surface area contributed by atoms with Crippen LogP contribution in [0.1, 0.15) is 50.5 Å². The summed E-state index contributed by atoms with van der Waals surface area (Å²) >= 11 is 0. The van der Waals surface area contributed by atoms with Crippen LogP contribution in [0.15, 0.2) is 10.6 Å². The van der Waals surface area contributed by atoms with Crippen LogP contribution in [0.2, 0.25) is 0 Å². The van der Waals surface area contributed by atoms with Gasteiger partial charge in [-0.1, -0.05) is 24.4 Å². The van der Waals surface area contributed by atoms with E-state index in [1.807, 2.05) is 0 Å². The first kappa shape index (κ1) is 16.2. The van der Waals surface area contributed by atoms with Gasteiger partial charge in [0.1, 0.15) is 11.0 Å². The van der Waals surface area contributed by atoms with Crippen LogP contribution in [0.3, 0.4) is 0 Å². The molecule has 21 heavy (non-hydrogen) atoms. The smallest absolute Gasteiger partial charge is 0.235 e. The summed E-state index contributed by atoms with van der Waals surface area (Å²) in [6.45, 7) is 4.21. The molecule has 1 aliphatic rings. The maximum absolute atomic E-state index is 12.2. The Labute approximate surface area is 128 Å². The summed E-state index contributed by atoms with van der Waals surface area (Å²) in [4.78, 5) is 12.1. The molecule has 0 spiro atoms. The number of hydrogen-bond acceptors (Lipinski definition) is 4. The zero-order chi connectivity index (χ0) is 15.2.